The van der Waals surface area contributed by atoms with Gasteiger partial charge in [0, 0.05) is 23.7 Å². The van der Waals surface area contributed by atoms with E-state index < -0.39 is 0 Å². The number of hydrogen-bond donors (Lipinski definition) is 0. The van der Waals surface area contributed by atoms with Crippen LogP contribution in [0.15, 0.2) is 17.8 Å². The van der Waals surface area contributed by atoms with Crippen LogP contribution in [-0.4, -0.2) is 44.3 Å². The maximum absolute atomic E-state index is 5.95. The lowest BCUT2D eigenvalue weighted by molar-refractivity contribution is 0.0391. The van der Waals surface area contributed by atoms with Gasteiger partial charge in [0.25, 0.3) is 5.78 Å². The Morgan fingerprint density at radius 1 is 1.33 bits per heavy atom. The van der Waals surface area contributed by atoms with Gasteiger partial charge in [-0.15, -0.1) is 11.3 Å². The molecule has 0 spiro atoms. The lowest BCUT2D eigenvalue weighted by atomic mass is 10.1. The molecule has 0 saturated carbocycles. The van der Waals surface area contributed by atoms with Crippen LogP contribution in [0, 0.1) is 6.92 Å². The number of rotatable bonds is 3. The van der Waals surface area contributed by atoms with Gasteiger partial charge in [-0.05, 0) is 12.8 Å². The zero-order valence-electron chi connectivity index (χ0n) is 14.0. The molecule has 126 valence electrons. The predicted octanol–water partition coefficient (Wildman–Crippen LogP) is 2.59. The highest BCUT2D eigenvalue weighted by molar-refractivity contribution is 7.09. The van der Waals surface area contributed by atoms with E-state index in [1.165, 1.54) is 0 Å². The molecule has 0 radical (unpaired) electrons. The minimum atomic E-state index is -0.00770. The molecule has 7 nitrogen and oxygen atoms in total. The summed E-state index contributed by atoms with van der Waals surface area (Å²) >= 11 is 1.66. The molecule has 0 bridgehead atoms. The number of anilines is 1. The third-order valence-electron chi connectivity index (χ3n) is 4.15. The molecule has 24 heavy (non-hydrogen) atoms. The first-order chi connectivity index (χ1) is 11.6. The highest BCUT2D eigenvalue weighted by Gasteiger charge is 2.26. The molecular formula is C16H20N6OS. The van der Waals surface area contributed by atoms with Gasteiger partial charge in [0.1, 0.15) is 23.3 Å². The number of aromatic nitrogens is 5. The van der Waals surface area contributed by atoms with Crippen molar-refractivity contribution in [3.63, 3.8) is 0 Å². The van der Waals surface area contributed by atoms with Gasteiger partial charge in [0.05, 0.1) is 18.8 Å². The van der Waals surface area contributed by atoms with Crippen molar-refractivity contribution in [1.82, 2.24) is 24.6 Å². The first-order valence-electron chi connectivity index (χ1n) is 8.11. The molecule has 1 aliphatic heterocycles. The maximum atomic E-state index is 5.95. The number of thiazole rings is 1. The molecule has 1 unspecified atom stereocenters. The van der Waals surface area contributed by atoms with E-state index in [0.29, 0.717) is 18.3 Å². The van der Waals surface area contributed by atoms with E-state index in [-0.39, 0.29) is 6.10 Å². The molecule has 0 aromatic carbocycles. The quantitative estimate of drug-likeness (QED) is 0.727. The second-order valence-corrected chi connectivity index (χ2v) is 7.19. The zero-order chi connectivity index (χ0) is 16.7. The van der Waals surface area contributed by atoms with Crippen molar-refractivity contribution >= 4 is 22.9 Å². The lowest BCUT2D eigenvalue weighted by Crippen LogP contribution is -2.39. The van der Waals surface area contributed by atoms with Gasteiger partial charge in [-0.2, -0.15) is 14.6 Å². The summed E-state index contributed by atoms with van der Waals surface area (Å²) in [6.45, 7) is 8.52. The van der Waals surface area contributed by atoms with E-state index in [2.05, 4.69) is 50.2 Å². The zero-order valence-corrected chi connectivity index (χ0v) is 14.8. The Morgan fingerprint density at radius 3 is 2.96 bits per heavy atom. The van der Waals surface area contributed by atoms with Crippen molar-refractivity contribution in [2.45, 2.75) is 32.8 Å². The molecule has 0 aliphatic carbocycles. The van der Waals surface area contributed by atoms with E-state index in [9.17, 15) is 0 Å². The van der Waals surface area contributed by atoms with Gasteiger partial charge in [-0.25, -0.2) is 9.97 Å². The predicted molar refractivity (Wildman–Crippen MR) is 92.6 cm³/mol. The summed E-state index contributed by atoms with van der Waals surface area (Å²) in [7, 11) is 0. The van der Waals surface area contributed by atoms with Crippen molar-refractivity contribution in [2.75, 3.05) is 24.6 Å². The Kier molecular flexibility index (Phi) is 3.93. The number of ether oxygens (including phenoxy) is 1. The van der Waals surface area contributed by atoms with Gasteiger partial charge in [0.15, 0.2) is 0 Å². The van der Waals surface area contributed by atoms with Gasteiger partial charge >= 0.3 is 0 Å². The fourth-order valence-corrected chi connectivity index (χ4v) is 3.70. The van der Waals surface area contributed by atoms with E-state index in [0.717, 1.165) is 35.3 Å². The van der Waals surface area contributed by atoms with E-state index in [4.69, 9.17) is 4.74 Å². The molecule has 3 aromatic rings. The molecule has 0 N–H and O–H groups in total. The average Bonchev–Trinajstić information content (AvgIpc) is 3.22. The summed E-state index contributed by atoms with van der Waals surface area (Å²) < 4.78 is 7.75. The van der Waals surface area contributed by atoms with Gasteiger partial charge in [0.2, 0.25) is 0 Å². The van der Waals surface area contributed by atoms with Crippen LogP contribution in [0.2, 0.25) is 0 Å². The summed E-state index contributed by atoms with van der Waals surface area (Å²) in [5, 5.41) is 7.44. The molecule has 1 fully saturated rings. The summed E-state index contributed by atoms with van der Waals surface area (Å²) in [6, 6.07) is 2.11. The fraction of sp³-hybridized carbons (Fsp3) is 0.500. The van der Waals surface area contributed by atoms with Gasteiger partial charge in [-0.1, -0.05) is 13.8 Å². The minimum Gasteiger partial charge on any atom is -0.367 e. The monoisotopic (exact) mass is 344 g/mol. The first kappa shape index (κ1) is 15.5. The number of nitrogens with zero attached hydrogens (tertiary/aromatic N) is 6. The van der Waals surface area contributed by atoms with Gasteiger partial charge < -0.3 is 9.64 Å². The molecular weight excluding hydrogens is 324 g/mol. The number of fused-ring (bicyclic) bond motifs is 1. The molecule has 8 heteroatoms. The van der Waals surface area contributed by atoms with Crippen molar-refractivity contribution in [3.05, 3.63) is 34.2 Å². The van der Waals surface area contributed by atoms with Crippen molar-refractivity contribution in [1.29, 1.82) is 0 Å². The smallest absolute Gasteiger partial charge is 0.254 e. The molecule has 1 atom stereocenters. The highest BCUT2D eigenvalue weighted by Crippen LogP contribution is 2.29. The number of hydrogen-bond acceptors (Lipinski definition) is 7. The Balaban J connectivity index is 1.69. The third kappa shape index (κ3) is 2.76. The Morgan fingerprint density at radius 2 is 2.21 bits per heavy atom. The summed E-state index contributed by atoms with van der Waals surface area (Å²) in [6.07, 6.45) is 1.55. The molecule has 4 rings (SSSR count). The summed E-state index contributed by atoms with van der Waals surface area (Å²) in [5.74, 6) is 2.00. The molecule has 4 heterocycles. The second kappa shape index (κ2) is 6.10. The van der Waals surface area contributed by atoms with E-state index >= 15 is 0 Å². The van der Waals surface area contributed by atoms with E-state index in [1.54, 1.807) is 22.2 Å². The van der Waals surface area contributed by atoms with Crippen molar-refractivity contribution in [2.24, 2.45) is 0 Å². The van der Waals surface area contributed by atoms with Crippen LogP contribution < -0.4 is 4.90 Å². The topological polar surface area (TPSA) is 68.4 Å². The maximum Gasteiger partial charge on any atom is 0.254 e. The summed E-state index contributed by atoms with van der Waals surface area (Å²) in [5.41, 5.74) is 2.07. The van der Waals surface area contributed by atoms with Crippen LogP contribution in [0.25, 0.3) is 5.78 Å². The van der Waals surface area contributed by atoms with Gasteiger partial charge in [-0.3, -0.25) is 0 Å². The highest BCUT2D eigenvalue weighted by atomic mass is 32.1. The SMILES string of the molecule is Cc1csc(C2CN(c3cc(C(C)C)nc4ncnn34)CCO2)n1. The number of aryl methyl sites for hydroxylation is 1. The number of morpholine rings is 1. The van der Waals surface area contributed by atoms with Crippen LogP contribution in [0.4, 0.5) is 5.82 Å². The lowest BCUT2D eigenvalue weighted by Gasteiger charge is -2.33. The van der Waals surface area contributed by atoms with Crippen LogP contribution in [0.1, 0.15) is 42.3 Å². The average molecular weight is 344 g/mol. The van der Waals surface area contributed by atoms with Crippen molar-refractivity contribution < 1.29 is 4.74 Å². The standard InChI is InChI=1S/C16H20N6OS/c1-10(2)12-6-14(22-16(20-12)17-9-18-22)21-4-5-23-13(7-21)15-19-11(3)8-24-15/h6,8-10,13H,4-5,7H2,1-3H3. The van der Waals surface area contributed by atoms with Crippen LogP contribution in [0.5, 0.6) is 0 Å². The summed E-state index contributed by atoms with van der Waals surface area (Å²) in [4.78, 5) is 15.7. The van der Waals surface area contributed by atoms with Crippen molar-refractivity contribution in [3.8, 4) is 0 Å². The fourth-order valence-electron chi connectivity index (χ4n) is 2.86. The Bertz CT molecular complexity index is 857. The van der Waals surface area contributed by atoms with Crippen LogP contribution in [0.3, 0.4) is 0 Å². The van der Waals surface area contributed by atoms with Crippen LogP contribution in [-0.2, 0) is 4.74 Å². The molecule has 0 amide bonds. The second-order valence-electron chi connectivity index (χ2n) is 6.30. The third-order valence-corrected chi connectivity index (χ3v) is 5.20. The Hall–Kier alpha value is -2.06. The molecule has 1 aliphatic rings. The Labute approximate surface area is 144 Å². The van der Waals surface area contributed by atoms with Crippen LogP contribution >= 0.6 is 11.3 Å². The molecule has 1 saturated heterocycles. The normalized spacial score (nSPS) is 18.7. The largest absolute Gasteiger partial charge is 0.367 e. The minimum absolute atomic E-state index is 0.00770. The first-order valence-corrected chi connectivity index (χ1v) is 8.99. The molecule has 3 aromatic heterocycles. The van der Waals surface area contributed by atoms with E-state index in [1.807, 2.05) is 6.92 Å².